The van der Waals surface area contributed by atoms with Gasteiger partial charge in [0.1, 0.15) is 5.76 Å². The Balaban J connectivity index is 1.63. The zero-order valence-electron chi connectivity index (χ0n) is 14.3. The summed E-state index contributed by atoms with van der Waals surface area (Å²) in [5.74, 6) is 0.698. The number of nitrogens with one attached hydrogen (secondary N) is 1. The van der Waals surface area contributed by atoms with Gasteiger partial charge in [0.05, 0.1) is 25.0 Å². The number of aryl methyl sites for hydroxylation is 2. The van der Waals surface area contributed by atoms with E-state index >= 15 is 0 Å². The monoisotopic (exact) mass is 333 g/mol. The lowest BCUT2D eigenvalue weighted by molar-refractivity contribution is 0.0342. The van der Waals surface area contributed by atoms with Crippen molar-refractivity contribution >= 4 is 5.91 Å². The third-order valence-electron chi connectivity index (χ3n) is 3.98. The SMILES string of the molecule is Cc1oc(-c2cnn(C)c2)nc1C(=O)NC(C)CN1CCOCC1. The van der Waals surface area contributed by atoms with Crippen LogP contribution < -0.4 is 5.32 Å². The molecule has 8 heteroatoms. The van der Waals surface area contributed by atoms with E-state index in [-0.39, 0.29) is 11.9 Å². The van der Waals surface area contributed by atoms with Crippen molar-refractivity contribution in [1.29, 1.82) is 0 Å². The number of carbonyl (C=O) groups is 1. The second kappa shape index (κ2) is 7.14. The van der Waals surface area contributed by atoms with Gasteiger partial charge in [0.25, 0.3) is 5.91 Å². The fourth-order valence-corrected chi connectivity index (χ4v) is 2.77. The quantitative estimate of drug-likeness (QED) is 0.872. The van der Waals surface area contributed by atoms with Crippen molar-refractivity contribution in [1.82, 2.24) is 25.0 Å². The molecular formula is C16H23N5O3. The Labute approximate surface area is 140 Å². The van der Waals surface area contributed by atoms with E-state index in [1.807, 2.05) is 14.0 Å². The number of carbonyl (C=O) groups excluding carboxylic acids is 1. The maximum Gasteiger partial charge on any atom is 0.273 e. The number of morpholine rings is 1. The summed E-state index contributed by atoms with van der Waals surface area (Å²) in [6.07, 6.45) is 3.46. The van der Waals surface area contributed by atoms with Gasteiger partial charge in [0.15, 0.2) is 5.69 Å². The normalized spacial score (nSPS) is 17.0. The number of amides is 1. The van der Waals surface area contributed by atoms with Crippen LogP contribution in [0.15, 0.2) is 16.8 Å². The van der Waals surface area contributed by atoms with Gasteiger partial charge in [-0.1, -0.05) is 0 Å². The Bertz CT molecular complexity index is 702. The van der Waals surface area contributed by atoms with Crippen LogP contribution in [0, 0.1) is 6.92 Å². The van der Waals surface area contributed by atoms with Crippen LogP contribution >= 0.6 is 0 Å². The summed E-state index contributed by atoms with van der Waals surface area (Å²) in [6.45, 7) is 7.82. The lowest BCUT2D eigenvalue weighted by atomic mass is 10.2. The van der Waals surface area contributed by atoms with Gasteiger partial charge in [0.2, 0.25) is 5.89 Å². The molecule has 2 aromatic heterocycles. The number of hydrogen-bond acceptors (Lipinski definition) is 6. The number of hydrogen-bond donors (Lipinski definition) is 1. The molecule has 1 aliphatic rings. The summed E-state index contributed by atoms with van der Waals surface area (Å²) >= 11 is 0. The lowest BCUT2D eigenvalue weighted by Gasteiger charge is -2.29. The van der Waals surface area contributed by atoms with E-state index in [0.29, 0.717) is 17.3 Å². The summed E-state index contributed by atoms with van der Waals surface area (Å²) in [6, 6.07) is 0.0218. The molecule has 8 nitrogen and oxygen atoms in total. The average molecular weight is 333 g/mol. The second-order valence-electron chi connectivity index (χ2n) is 6.11. The van der Waals surface area contributed by atoms with Crippen LogP contribution in [0.4, 0.5) is 0 Å². The molecule has 1 aliphatic heterocycles. The van der Waals surface area contributed by atoms with Gasteiger partial charge in [-0.2, -0.15) is 5.10 Å². The Morgan fingerprint density at radius 2 is 2.17 bits per heavy atom. The molecule has 130 valence electrons. The van der Waals surface area contributed by atoms with Crippen molar-refractivity contribution in [3.8, 4) is 11.5 Å². The fourth-order valence-electron chi connectivity index (χ4n) is 2.77. The van der Waals surface area contributed by atoms with E-state index < -0.39 is 0 Å². The minimum atomic E-state index is -0.216. The highest BCUT2D eigenvalue weighted by Crippen LogP contribution is 2.21. The van der Waals surface area contributed by atoms with E-state index in [1.54, 1.807) is 24.0 Å². The third-order valence-corrected chi connectivity index (χ3v) is 3.98. The number of rotatable bonds is 5. The Morgan fingerprint density at radius 1 is 1.42 bits per heavy atom. The van der Waals surface area contributed by atoms with Crippen LogP contribution in [-0.4, -0.2) is 64.5 Å². The number of aromatic nitrogens is 3. The first kappa shape index (κ1) is 16.7. The minimum absolute atomic E-state index is 0.0218. The van der Waals surface area contributed by atoms with Crippen LogP contribution in [0.3, 0.4) is 0 Å². The molecule has 1 amide bonds. The largest absolute Gasteiger partial charge is 0.440 e. The van der Waals surface area contributed by atoms with Gasteiger partial charge in [-0.3, -0.25) is 14.4 Å². The van der Waals surface area contributed by atoms with E-state index in [1.165, 1.54) is 0 Å². The van der Waals surface area contributed by atoms with E-state index in [9.17, 15) is 4.79 Å². The number of oxazole rings is 1. The van der Waals surface area contributed by atoms with Gasteiger partial charge >= 0.3 is 0 Å². The van der Waals surface area contributed by atoms with Gasteiger partial charge < -0.3 is 14.5 Å². The summed E-state index contributed by atoms with van der Waals surface area (Å²) in [5, 5.41) is 7.08. The Kier molecular flexibility index (Phi) is 4.96. The zero-order valence-corrected chi connectivity index (χ0v) is 14.3. The molecule has 1 saturated heterocycles. The number of nitrogens with zero attached hydrogens (tertiary/aromatic N) is 4. The molecule has 3 heterocycles. The molecule has 1 atom stereocenters. The molecule has 0 radical (unpaired) electrons. The van der Waals surface area contributed by atoms with Crippen LogP contribution in [0.25, 0.3) is 11.5 Å². The predicted molar refractivity (Wildman–Crippen MR) is 87.6 cm³/mol. The van der Waals surface area contributed by atoms with Crippen molar-refractivity contribution < 1.29 is 13.9 Å². The fraction of sp³-hybridized carbons (Fsp3) is 0.562. The smallest absolute Gasteiger partial charge is 0.273 e. The van der Waals surface area contributed by atoms with Crippen molar-refractivity contribution in [3.63, 3.8) is 0 Å². The summed E-state index contributed by atoms with van der Waals surface area (Å²) in [5.41, 5.74) is 1.07. The Hall–Kier alpha value is -2.19. The zero-order chi connectivity index (χ0) is 17.1. The molecule has 1 fully saturated rings. The second-order valence-corrected chi connectivity index (χ2v) is 6.11. The first-order valence-corrected chi connectivity index (χ1v) is 8.10. The number of ether oxygens (including phenoxy) is 1. The topological polar surface area (TPSA) is 85.4 Å². The first-order valence-electron chi connectivity index (χ1n) is 8.10. The van der Waals surface area contributed by atoms with Crippen molar-refractivity contribution in [3.05, 3.63) is 23.8 Å². The molecule has 0 aromatic carbocycles. The summed E-state index contributed by atoms with van der Waals surface area (Å²) < 4.78 is 12.6. The van der Waals surface area contributed by atoms with Crippen LogP contribution in [0.1, 0.15) is 23.2 Å². The van der Waals surface area contributed by atoms with Crippen molar-refractivity contribution in [2.24, 2.45) is 7.05 Å². The lowest BCUT2D eigenvalue weighted by Crippen LogP contribution is -2.46. The van der Waals surface area contributed by atoms with E-state index in [4.69, 9.17) is 9.15 Å². The molecule has 1 N–H and O–H groups in total. The van der Waals surface area contributed by atoms with Gasteiger partial charge in [-0.25, -0.2) is 4.98 Å². The van der Waals surface area contributed by atoms with Crippen LogP contribution in [-0.2, 0) is 11.8 Å². The molecule has 24 heavy (non-hydrogen) atoms. The molecule has 2 aromatic rings. The highest BCUT2D eigenvalue weighted by molar-refractivity contribution is 5.93. The summed E-state index contributed by atoms with van der Waals surface area (Å²) in [7, 11) is 1.82. The minimum Gasteiger partial charge on any atom is -0.440 e. The molecule has 3 rings (SSSR count). The molecule has 0 aliphatic carbocycles. The van der Waals surface area contributed by atoms with Gasteiger partial charge in [0, 0.05) is 38.9 Å². The standard InChI is InChI=1S/C16H23N5O3/c1-11(9-21-4-6-23-7-5-21)18-15(22)14-12(2)24-16(19-14)13-8-17-20(3)10-13/h8,10-11H,4-7,9H2,1-3H3,(H,18,22). The van der Waals surface area contributed by atoms with E-state index in [2.05, 4.69) is 20.3 Å². The van der Waals surface area contributed by atoms with Crippen LogP contribution in [0.5, 0.6) is 0 Å². The predicted octanol–water partition coefficient (Wildman–Crippen LogP) is 0.834. The van der Waals surface area contributed by atoms with Crippen LogP contribution in [0.2, 0.25) is 0 Å². The van der Waals surface area contributed by atoms with Gasteiger partial charge in [-0.15, -0.1) is 0 Å². The molecule has 0 saturated carbocycles. The molecule has 0 spiro atoms. The summed E-state index contributed by atoms with van der Waals surface area (Å²) in [4.78, 5) is 19.1. The average Bonchev–Trinajstić information content (AvgIpc) is 3.14. The van der Waals surface area contributed by atoms with E-state index in [0.717, 1.165) is 38.4 Å². The third kappa shape index (κ3) is 3.82. The van der Waals surface area contributed by atoms with Crippen molar-refractivity contribution in [2.75, 3.05) is 32.8 Å². The van der Waals surface area contributed by atoms with Gasteiger partial charge in [-0.05, 0) is 13.8 Å². The first-order chi connectivity index (χ1) is 11.5. The highest BCUT2D eigenvalue weighted by atomic mass is 16.5. The Morgan fingerprint density at radius 3 is 2.83 bits per heavy atom. The molecule has 1 unspecified atom stereocenters. The van der Waals surface area contributed by atoms with Crippen molar-refractivity contribution in [2.45, 2.75) is 19.9 Å². The maximum absolute atomic E-state index is 12.5. The molecule has 0 bridgehead atoms. The molecular weight excluding hydrogens is 310 g/mol. The maximum atomic E-state index is 12.5. The highest BCUT2D eigenvalue weighted by Gasteiger charge is 2.21.